The molecule has 2 aliphatic heterocycles. The van der Waals surface area contributed by atoms with Crippen LogP contribution in [0, 0.1) is 5.92 Å². The van der Waals surface area contributed by atoms with Crippen LogP contribution >= 0.6 is 0 Å². The first kappa shape index (κ1) is 30.9. The fourth-order valence-electron chi connectivity index (χ4n) is 6.24. The van der Waals surface area contributed by atoms with Gasteiger partial charge in [-0.1, -0.05) is 63.2 Å². The number of hydroxylamine groups is 1. The molecule has 46 heavy (non-hydrogen) atoms. The van der Waals surface area contributed by atoms with E-state index in [1.165, 1.54) is 19.8 Å². The Hall–Kier alpha value is -5.09. The van der Waals surface area contributed by atoms with Crippen molar-refractivity contribution in [3.8, 4) is 5.75 Å². The Bertz CT molecular complexity index is 1830. The summed E-state index contributed by atoms with van der Waals surface area (Å²) in [5.41, 5.74) is 4.71. The quantitative estimate of drug-likeness (QED) is 0.190. The minimum Gasteiger partial charge on any atom is -0.492 e. The lowest BCUT2D eigenvalue weighted by Gasteiger charge is -2.42. The molecule has 2 aliphatic rings. The van der Waals surface area contributed by atoms with Crippen LogP contribution in [0.5, 0.6) is 5.75 Å². The molecule has 238 valence electrons. The smallest absolute Gasteiger partial charge is 0.411 e. The van der Waals surface area contributed by atoms with E-state index in [0.717, 1.165) is 28.4 Å². The SMILES string of the molecule is COC(=O)Nc1cc(C(C)(C)C)cc(NC(=O)Nc2ccc(C(=O)C3CC4Cc5ccccc5N(C3)O4)c3ccccc23)c1OC. The molecule has 1 fully saturated rings. The van der Waals surface area contributed by atoms with Crippen LogP contribution in [0.1, 0.15) is 48.7 Å². The van der Waals surface area contributed by atoms with E-state index in [-0.39, 0.29) is 29.0 Å². The lowest BCUT2D eigenvalue weighted by atomic mass is 9.85. The molecule has 10 nitrogen and oxygen atoms in total. The summed E-state index contributed by atoms with van der Waals surface area (Å²) in [5, 5.41) is 11.9. The highest BCUT2D eigenvalue weighted by molar-refractivity contribution is 6.14. The summed E-state index contributed by atoms with van der Waals surface area (Å²) in [4.78, 5) is 45.7. The molecule has 0 aromatic heterocycles. The molecule has 0 saturated carbocycles. The number of anilines is 4. The normalized spacial score (nSPS) is 17.1. The average molecular weight is 623 g/mol. The van der Waals surface area contributed by atoms with Gasteiger partial charge in [0.1, 0.15) is 0 Å². The van der Waals surface area contributed by atoms with Crippen molar-refractivity contribution in [2.24, 2.45) is 5.92 Å². The summed E-state index contributed by atoms with van der Waals surface area (Å²) < 4.78 is 10.4. The molecule has 4 aromatic rings. The van der Waals surface area contributed by atoms with Gasteiger partial charge >= 0.3 is 12.1 Å². The Morgan fingerprint density at radius 1 is 0.848 bits per heavy atom. The number of carbonyl (C=O) groups is 3. The molecule has 4 aromatic carbocycles. The lowest BCUT2D eigenvalue weighted by Crippen LogP contribution is -2.47. The van der Waals surface area contributed by atoms with Crippen molar-refractivity contribution >= 4 is 51.4 Å². The van der Waals surface area contributed by atoms with Crippen molar-refractivity contribution in [3.05, 3.63) is 89.5 Å². The predicted molar refractivity (Wildman–Crippen MR) is 179 cm³/mol. The number of rotatable bonds is 6. The van der Waals surface area contributed by atoms with Crippen LogP contribution in [0.2, 0.25) is 0 Å². The maximum atomic E-state index is 14.0. The van der Waals surface area contributed by atoms with Gasteiger partial charge in [0.15, 0.2) is 11.5 Å². The first-order chi connectivity index (χ1) is 22.0. The second kappa shape index (κ2) is 12.4. The van der Waals surface area contributed by atoms with Crippen LogP contribution in [-0.2, 0) is 21.4 Å². The van der Waals surface area contributed by atoms with Gasteiger partial charge in [-0.15, -0.1) is 0 Å². The summed E-state index contributed by atoms with van der Waals surface area (Å²) >= 11 is 0. The first-order valence-electron chi connectivity index (χ1n) is 15.3. The van der Waals surface area contributed by atoms with E-state index in [2.05, 4.69) is 22.0 Å². The van der Waals surface area contributed by atoms with E-state index >= 15 is 0 Å². The number of nitrogens with zero attached hydrogens (tertiary/aromatic N) is 1. The number of para-hydroxylation sites is 1. The number of hydrogen-bond donors (Lipinski definition) is 3. The molecular formula is C36H38N4O6. The Balaban J connectivity index is 1.26. The Morgan fingerprint density at radius 3 is 2.24 bits per heavy atom. The standard InChI is InChI=1S/C36H38N4O6/c1-36(2,3)23-18-29(33(44-4)30(19-23)39-35(43)45-5)38-34(42)37-28-15-14-27(25-11-7-8-12-26(25)28)32(41)22-17-24-16-21-10-6-9-13-31(21)40(20-22)46-24/h6-15,18-19,22,24H,16-17,20H2,1-5H3,(H,39,43)(H2,37,38,42). The highest BCUT2D eigenvalue weighted by atomic mass is 16.7. The molecule has 1 saturated heterocycles. The topological polar surface area (TPSA) is 118 Å². The van der Waals surface area contributed by atoms with E-state index in [4.69, 9.17) is 14.3 Å². The van der Waals surface area contributed by atoms with E-state index < -0.39 is 12.1 Å². The fourth-order valence-corrected chi connectivity index (χ4v) is 6.24. The summed E-state index contributed by atoms with van der Waals surface area (Å²) in [7, 11) is 2.74. The Morgan fingerprint density at radius 2 is 1.52 bits per heavy atom. The Labute approximate surface area is 268 Å². The van der Waals surface area contributed by atoms with Gasteiger partial charge in [-0.3, -0.25) is 20.0 Å². The zero-order valence-electron chi connectivity index (χ0n) is 26.6. The van der Waals surface area contributed by atoms with Crippen LogP contribution in [0.15, 0.2) is 72.8 Å². The maximum absolute atomic E-state index is 14.0. The molecule has 2 heterocycles. The van der Waals surface area contributed by atoms with Gasteiger partial charge in [-0.2, -0.15) is 0 Å². The third-order valence-corrected chi connectivity index (χ3v) is 8.56. The Kier molecular flexibility index (Phi) is 8.31. The van der Waals surface area contributed by atoms with Gasteiger partial charge in [-0.25, -0.2) is 9.59 Å². The van der Waals surface area contributed by atoms with Crippen molar-refractivity contribution in [2.75, 3.05) is 41.8 Å². The highest BCUT2D eigenvalue weighted by Gasteiger charge is 2.38. The number of nitrogens with one attached hydrogen (secondary N) is 3. The predicted octanol–water partition coefficient (Wildman–Crippen LogP) is 7.53. The van der Waals surface area contributed by atoms with Crippen molar-refractivity contribution < 1.29 is 28.7 Å². The summed E-state index contributed by atoms with van der Waals surface area (Å²) in [6.07, 6.45) is 0.708. The number of urea groups is 1. The number of amides is 3. The molecule has 0 spiro atoms. The van der Waals surface area contributed by atoms with Crippen LogP contribution in [0.25, 0.3) is 10.8 Å². The number of carbonyl (C=O) groups excluding carboxylic acids is 3. The number of ether oxygens (including phenoxy) is 2. The molecule has 0 aliphatic carbocycles. The molecule has 10 heteroatoms. The van der Waals surface area contributed by atoms with E-state index in [1.807, 2.05) is 74.4 Å². The molecule has 2 bridgehead atoms. The number of benzene rings is 4. The highest BCUT2D eigenvalue weighted by Crippen LogP contribution is 2.40. The van der Waals surface area contributed by atoms with Crippen LogP contribution in [-0.4, -0.2) is 44.8 Å². The molecular weight excluding hydrogens is 584 g/mol. The average Bonchev–Trinajstić information content (AvgIpc) is 3.04. The zero-order valence-corrected chi connectivity index (χ0v) is 26.6. The molecule has 2 atom stereocenters. The largest absolute Gasteiger partial charge is 0.492 e. The van der Waals surface area contributed by atoms with Gasteiger partial charge in [0.2, 0.25) is 0 Å². The van der Waals surface area contributed by atoms with Crippen LogP contribution in [0.4, 0.5) is 32.3 Å². The monoisotopic (exact) mass is 622 g/mol. The number of methoxy groups -OCH3 is 2. The van der Waals surface area contributed by atoms with Crippen LogP contribution in [0.3, 0.4) is 0 Å². The van der Waals surface area contributed by atoms with Gasteiger partial charge in [0, 0.05) is 23.3 Å². The van der Waals surface area contributed by atoms with E-state index in [9.17, 15) is 14.4 Å². The third kappa shape index (κ3) is 6.08. The number of hydrogen-bond acceptors (Lipinski definition) is 7. The molecule has 2 unspecified atom stereocenters. The molecule has 3 N–H and O–H groups in total. The molecule has 6 rings (SSSR count). The minimum atomic E-state index is -0.660. The third-order valence-electron chi connectivity index (χ3n) is 8.56. The van der Waals surface area contributed by atoms with Crippen molar-refractivity contribution in [1.82, 2.24) is 0 Å². The first-order valence-corrected chi connectivity index (χ1v) is 15.3. The van der Waals surface area contributed by atoms with Gasteiger partial charge in [0.05, 0.1) is 49.6 Å². The number of Topliss-reactive ketones (excluding diaryl/α,β-unsaturated/α-hetero) is 1. The van der Waals surface area contributed by atoms with Crippen molar-refractivity contribution in [3.63, 3.8) is 0 Å². The van der Waals surface area contributed by atoms with Gasteiger partial charge in [-0.05, 0) is 58.7 Å². The van der Waals surface area contributed by atoms with E-state index in [0.29, 0.717) is 35.6 Å². The minimum absolute atomic E-state index is 0.0504. The second-order valence-corrected chi connectivity index (χ2v) is 12.7. The maximum Gasteiger partial charge on any atom is 0.411 e. The summed E-state index contributed by atoms with van der Waals surface area (Å²) in [6.45, 7) is 6.56. The fraction of sp³-hybridized carbons (Fsp3) is 0.306. The molecule has 3 amide bonds. The number of ketones is 1. The van der Waals surface area contributed by atoms with Crippen molar-refractivity contribution in [1.29, 1.82) is 0 Å². The van der Waals surface area contributed by atoms with Crippen molar-refractivity contribution in [2.45, 2.75) is 45.1 Å². The number of fused-ring (bicyclic) bond motifs is 5. The second-order valence-electron chi connectivity index (χ2n) is 12.7. The summed E-state index contributed by atoms with van der Waals surface area (Å²) in [5.74, 6) is 0.103. The van der Waals surface area contributed by atoms with Crippen LogP contribution < -0.4 is 25.8 Å². The van der Waals surface area contributed by atoms with Gasteiger partial charge in [0.25, 0.3) is 0 Å². The zero-order chi connectivity index (χ0) is 32.6. The summed E-state index contributed by atoms with van der Waals surface area (Å²) in [6, 6.07) is 22.4. The lowest BCUT2D eigenvalue weighted by molar-refractivity contribution is -0.0246. The van der Waals surface area contributed by atoms with E-state index in [1.54, 1.807) is 18.2 Å². The van der Waals surface area contributed by atoms with Gasteiger partial charge < -0.3 is 20.1 Å². The molecule has 0 radical (unpaired) electrons.